The second kappa shape index (κ2) is 17.0. The van der Waals surface area contributed by atoms with Crippen LogP contribution in [0.4, 0.5) is 0 Å². The molecule has 9 heteroatoms. The summed E-state index contributed by atoms with van der Waals surface area (Å²) in [5, 5.41) is 8.35. The fourth-order valence-corrected chi connectivity index (χ4v) is 1.44. The number of aliphatic carboxylic acids is 1. The summed E-state index contributed by atoms with van der Waals surface area (Å²) in [5.41, 5.74) is 0. The van der Waals surface area contributed by atoms with Crippen molar-refractivity contribution in [2.45, 2.75) is 12.8 Å². The summed E-state index contributed by atoms with van der Waals surface area (Å²) < 4.78 is 25.6. The van der Waals surface area contributed by atoms with Crippen LogP contribution in [-0.4, -0.2) is 82.3 Å². The molecule has 0 atom stereocenters. The Morgan fingerprint density at radius 2 is 1.24 bits per heavy atom. The van der Waals surface area contributed by atoms with Crippen molar-refractivity contribution >= 4 is 17.7 Å². The summed E-state index contributed by atoms with van der Waals surface area (Å²) >= 11 is 0. The van der Waals surface area contributed by atoms with Crippen molar-refractivity contribution in [1.29, 1.82) is 0 Å². The van der Waals surface area contributed by atoms with Crippen molar-refractivity contribution in [3.63, 3.8) is 0 Å². The van der Waals surface area contributed by atoms with E-state index in [1.54, 1.807) is 6.08 Å². The van der Waals surface area contributed by atoms with E-state index in [0.717, 1.165) is 0 Å². The number of Topliss-reactive ketones (excluding diaryl/α,β-unsaturated/α-hetero) is 1. The Kier molecular flexibility index (Phi) is 15.8. The molecule has 0 amide bonds. The van der Waals surface area contributed by atoms with Gasteiger partial charge in [-0.3, -0.25) is 9.59 Å². The number of hydrogen-bond acceptors (Lipinski definition) is 8. The number of carbonyl (C=O) groups excluding carboxylic acids is 2. The number of esters is 1. The minimum atomic E-state index is -1.55. The van der Waals surface area contributed by atoms with Gasteiger partial charge in [-0.05, 0) is 0 Å². The average molecular weight is 362 g/mol. The van der Waals surface area contributed by atoms with E-state index in [2.05, 4.69) is 6.58 Å². The van der Waals surface area contributed by atoms with Crippen LogP contribution in [0.1, 0.15) is 12.8 Å². The largest absolute Gasteiger partial charge is 0.476 e. The van der Waals surface area contributed by atoms with Gasteiger partial charge in [-0.25, -0.2) is 4.79 Å². The van der Waals surface area contributed by atoms with Crippen molar-refractivity contribution in [2.75, 3.05) is 59.5 Å². The van der Waals surface area contributed by atoms with E-state index < -0.39 is 17.7 Å². The van der Waals surface area contributed by atoms with Gasteiger partial charge >= 0.3 is 11.9 Å². The number of carboxylic acids is 1. The zero-order chi connectivity index (χ0) is 18.8. The molecule has 0 saturated carbocycles. The zero-order valence-corrected chi connectivity index (χ0v) is 14.3. The first-order valence-corrected chi connectivity index (χ1v) is 7.91. The van der Waals surface area contributed by atoms with Crippen LogP contribution < -0.4 is 0 Å². The molecule has 0 heterocycles. The third kappa shape index (κ3) is 16.8. The van der Waals surface area contributed by atoms with Gasteiger partial charge in [0.2, 0.25) is 5.78 Å². The Balaban J connectivity index is 3.23. The highest BCUT2D eigenvalue weighted by Gasteiger charge is 2.13. The van der Waals surface area contributed by atoms with E-state index in [-0.39, 0.29) is 26.1 Å². The lowest BCUT2D eigenvalue weighted by Crippen LogP contribution is -2.17. The fourth-order valence-electron chi connectivity index (χ4n) is 1.44. The first-order valence-electron chi connectivity index (χ1n) is 7.91. The van der Waals surface area contributed by atoms with Gasteiger partial charge in [0.15, 0.2) is 0 Å². The fraction of sp³-hybridized carbons (Fsp3) is 0.688. The highest BCUT2D eigenvalue weighted by Crippen LogP contribution is 1.95. The summed E-state index contributed by atoms with van der Waals surface area (Å²) in [4.78, 5) is 32.3. The molecule has 0 rings (SSSR count). The number of ether oxygens (including phenoxy) is 5. The molecule has 9 nitrogen and oxygen atoms in total. The average Bonchev–Trinajstić information content (AvgIpc) is 2.59. The van der Waals surface area contributed by atoms with Gasteiger partial charge in [-0.15, -0.1) is 6.58 Å². The maximum absolute atomic E-state index is 11.2. The second-order valence-electron chi connectivity index (χ2n) is 4.65. The third-order valence-electron chi connectivity index (χ3n) is 2.64. The molecule has 0 unspecified atom stereocenters. The normalized spacial score (nSPS) is 10.4. The van der Waals surface area contributed by atoms with Crippen LogP contribution in [0.3, 0.4) is 0 Å². The molecular formula is C16H26O9. The first kappa shape index (κ1) is 23.2. The predicted octanol–water partition coefficient (Wildman–Crippen LogP) is 0.216. The van der Waals surface area contributed by atoms with Crippen molar-refractivity contribution < 1.29 is 43.2 Å². The Morgan fingerprint density at radius 1 is 0.760 bits per heavy atom. The molecule has 144 valence electrons. The molecule has 0 spiro atoms. The highest BCUT2D eigenvalue weighted by atomic mass is 16.6. The standard InChI is InChI=1S/C16H26O9/c1-2-5-21-6-7-22-8-9-23-10-11-24-12-13-25-15(18)4-3-14(17)16(19)20/h2H,1,3-13H2,(H,19,20). The van der Waals surface area contributed by atoms with Crippen LogP contribution in [-0.2, 0) is 38.1 Å². The summed E-state index contributed by atoms with van der Waals surface area (Å²) in [6.07, 6.45) is 1.04. The molecule has 0 aliphatic carbocycles. The highest BCUT2D eigenvalue weighted by molar-refractivity contribution is 6.32. The van der Waals surface area contributed by atoms with E-state index in [1.165, 1.54) is 0 Å². The molecule has 0 aromatic rings. The van der Waals surface area contributed by atoms with Gasteiger partial charge < -0.3 is 28.8 Å². The van der Waals surface area contributed by atoms with E-state index in [4.69, 9.17) is 28.8 Å². The molecule has 0 fully saturated rings. The number of carbonyl (C=O) groups is 3. The van der Waals surface area contributed by atoms with Crippen molar-refractivity contribution in [3.8, 4) is 0 Å². The molecule has 0 radical (unpaired) electrons. The lowest BCUT2D eigenvalue weighted by Gasteiger charge is -2.07. The Morgan fingerprint density at radius 3 is 1.72 bits per heavy atom. The van der Waals surface area contributed by atoms with Gasteiger partial charge in [-0.2, -0.15) is 0 Å². The lowest BCUT2D eigenvalue weighted by atomic mass is 10.2. The molecule has 0 aliphatic rings. The second-order valence-corrected chi connectivity index (χ2v) is 4.65. The van der Waals surface area contributed by atoms with Crippen LogP contribution in [0, 0.1) is 0 Å². The van der Waals surface area contributed by atoms with E-state index in [1.807, 2.05) is 0 Å². The van der Waals surface area contributed by atoms with Gasteiger partial charge in [-0.1, -0.05) is 6.08 Å². The number of hydrogen-bond donors (Lipinski definition) is 1. The summed E-state index contributed by atoms with van der Waals surface area (Å²) in [6, 6.07) is 0. The van der Waals surface area contributed by atoms with Gasteiger partial charge in [0.05, 0.1) is 59.3 Å². The monoisotopic (exact) mass is 362 g/mol. The summed E-state index contributed by atoms with van der Waals surface area (Å²) in [5.74, 6) is -3.20. The first-order chi connectivity index (χ1) is 12.1. The zero-order valence-electron chi connectivity index (χ0n) is 14.3. The lowest BCUT2D eigenvalue weighted by molar-refractivity contribution is -0.151. The van der Waals surface area contributed by atoms with Gasteiger partial charge in [0.1, 0.15) is 6.61 Å². The van der Waals surface area contributed by atoms with Crippen molar-refractivity contribution in [1.82, 2.24) is 0 Å². The maximum atomic E-state index is 11.2. The molecule has 0 aliphatic heterocycles. The van der Waals surface area contributed by atoms with E-state index >= 15 is 0 Å². The molecular weight excluding hydrogens is 336 g/mol. The van der Waals surface area contributed by atoms with Crippen LogP contribution in [0.2, 0.25) is 0 Å². The topological polar surface area (TPSA) is 118 Å². The molecule has 25 heavy (non-hydrogen) atoms. The maximum Gasteiger partial charge on any atom is 0.372 e. The Labute approximate surface area is 146 Å². The van der Waals surface area contributed by atoms with Crippen LogP contribution in [0.15, 0.2) is 12.7 Å². The summed E-state index contributed by atoms with van der Waals surface area (Å²) in [6.45, 7) is 6.91. The Hall–Kier alpha value is -1.81. The number of ketones is 1. The molecule has 0 bridgehead atoms. The predicted molar refractivity (Wildman–Crippen MR) is 86.3 cm³/mol. The summed E-state index contributed by atoms with van der Waals surface area (Å²) in [7, 11) is 0. The SMILES string of the molecule is C=CCOCCOCCOCCOCCOC(=O)CCC(=O)C(=O)O. The van der Waals surface area contributed by atoms with E-state index in [9.17, 15) is 14.4 Å². The third-order valence-corrected chi connectivity index (χ3v) is 2.64. The quantitative estimate of drug-likeness (QED) is 0.158. The van der Waals surface area contributed by atoms with E-state index in [0.29, 0.717) is 46.2 Å². The van der Waals surface area contributed by atoms with Crippen LogP contribution >= 0.6 is 0 Å². The van der Waals surface area contributed by atoms with Gasteiger partial charge in [0, 0.05) is 6.42 Å². The minimum Gasteiger partial charge on any atom is -0.476 e. The molecule has 0 aromatic carbocycles. The molecule has 0 aromatic heterocycles. The Bertz CT molecular complexity index is 395. The minimum absolute atomic E-state index is 0.0356. The number of carboxylic acid groups (broad SMARTS) is 1. The van der Waals surface area contributed by atoms with Gasteiger partial charge in [0.25, 0.3) is 0 Å². The number of rotatable bonds is 18. The van der Waals surface area contributed by atoms with Crippen molar-refractivity contribution in [2.24, 2.45) is 0 Å². The van der Waals surface area contributed by atoms with Crippen LogP contribution in [0.25, 0.3) is 0 Å². The molecule has 1 N–H and O–H groups in total. The van der Waals surface area contributed by atoms with Crippen molar-refractivity contribution in [3.05, 3.63) is 12.7 Å². The molecule has 0 saturated heterocycles. The smallest absolute Gasteiger partial charge is 0.372 e. The van der Waals surface area contributed by atoms with Crippen LogP contribution in [0.5, 0.6) is 0 Å².